The molecule has 0 unspecified atom stereocenters. The second-order valence-corrected chi connectivity index (χ2v) is 9.62. The van der Waals surface area contributed by atoms with Gasteiger partial charge in [-0.1, -0.05) is 35.9 Å². The van der Waals surface area contributed by atoms with Crippen molar-refractivity contribution in [1.82, 2.24) is 20.0 Å². The summed E-state index contributed by atoms with van der Waals surface area (Å²) in [5, 5.41) is 8.47. The van der Waals surface area contributed by atoms with Gasteiger partial charge in [0.15, 0.2) is 17.2 Å². The molecule has 206 valence electrons. The van der Waals surface area contributed by atoms with Crippen molar-refractivity contribution >= 4 is 39.9 Å². The Bertz CT molecular complexity index is 1630. The molecular formula is C29H28ClN5O5. The van der Waals surface area contributed by atoms with Crippen LogP contribution in [0.3, 0.4) is 0 Å². The average Bonchev–Trinajstić information content (AvgIpc) is 2.99. The Kier molecular flexibility index (Phi) is 7.88. The SMILES string of the molecule is COc1ccc(-n2nc(C(=O)NCC(=O)N3CCN(c4cccc(Cl)c4)CC3)c3ccccc3c2=O)cc1OC. The van der Waals surface area contributed by atoms with E-state index in [9.17, 15) is 14.4 Å². The molecule has 1 fully saturated rings. The van der Waals surface area contributed by atoms with E-state index in [1.165, 1.54) is 14.2 Å². The van der Waals surface area contributed by atoms with E-state index >= 15 is 0 Å². The number of nitrogens with zero attached hydrogens (tertiary/aromatic N) is 4. The molecule has 0 aliphatic carbocycles. The van der Waals surface area contributed by atoms with Crippen LogP contribution in [0.25, 0.3) is 16.5 Å². The number of aromatic nitrogens is 2. The quantitative estimate of drug-likeness (QED) is 0.369. The van der Waals surface area contributed by atoms with E-state index in [-0.39, 0.29) is 18.1 Å². The summed E-state index contributed by atoms with van der Waals surface area (Å²) < 4.78 is 11.8. The van der Waals surface area contributed by atoms with Crippen LogP contribution < -0.4 is 25.2 Å². The normalized spacial score (nSPS) is 13.3. The van der Waals surface area contributed by atoms with Gasteiger partial charge in [0.1, 0.15) is 0 Å². The van der Waals surface area contributed by atoms with Crippen molar-refractivity contribution in [2.75, 3.05) is 51.8 Å². The molecule has 1 aliphatic rings. The van der Waals surface area contributed by atoms with Crippen molar-refractivity contribution < 1.29 is 19.1 Å². The first-order chi connectivity index (χ1) is 19.4. The lowest BCUT2D eigenvalue weighted by Crippen LogP contribution is -2.51. The van der Waals surface area contributed by atoms with Crippen LogP contribution in [0.15, 0.2) is 71.5 Å². The van der Waals surface area contributed by atoms with Crippen LogP contribution in [0.2, 0.25) is 5.02 Å². The van der Waals surface area contributed by atoms with Crippen LogP contribution in [-0.4, -0.2) is 73.4 Å². The summed E-state index contributed by atoms with van der Waals surface area (Å²) in [5.41, 5.74) is 1.04. The molecule has 11 heteroatoms. The standard InChI is InChI=1S/C29H28ClN5O5/c1-39-24-11-10-21(17-25(24)40-2)35-29(38)23-9-4-3-8-22(23)27(32-35)28(37)31-18-26(36)34-14-12-33(13-15-34)20-7-5-6-19(30)16-20/h3-11,16-17H,12-15,18H2,1-2H3,(H,31,37). The van der Waals surface area contributed by atoms with Crippen molar-refractivity contribution in [2.24, 2.45) is 0 Å². The van der Waals surface area contributed by atoms with E-state index < -0.39 is 11.5 Å². The van der Waals surface area contributed by atoms with Crippen molar-refractivity contribution in [3.63, 3.8) is 0 Å². The van der Waals surface area contributed by atoms with Gasteiger partial charge in [0.05, 0.1) is 31.8 Å². The van der Waals surface area contributed by atoms with Gasteiger partial charge in [-0.25, -0.2) is 0 Å². The highest BCUT2D eigenvalue weighted by atomic mass is 35.5. The van der Waals surface area contributed by atoms with Gasteiger partial charge >= 0.3 is 0 Å². The van der Waals surface area contributed by atoms with E-state index in [1.54, 1.807) is 47.4 Å². The molecule has 2 amide bonds. The van der Waals surface area contributed by atoms with Gasteiger partial charge < -0.3 is 24.6 Å². The summed E-state index contributed by atoms with van der Waals surface area (Å²) in [7, 11) is 3.01. The predicted molar refractivity (Wildman–Crippen MR) is 153 cm³/mol. The third kappa shape index (κ3) is 5.43. The number of piperazine rings is 1. The number of nitrogens with one attached hydrogen (secondary N) is 1. The number of benzene rings is 3. The highest BCUT2D eigenvalue weighted by molar-refractivity contribution is 6.30. The first-order valence-electron chi connectivity index (χ1n) is 12.7. The van der Waals surface area contributed by atoms with Gasteiger partial charge in [-0.05, 0) is 36.4 Å². The Morgan fingerprint density at radius 2 is 1.60 bits per heavy atom. The van der Waals surface area contributed by atoms with Gasteiger partial charge in [-0.2, -0.15) is 9.78 Å². The van der Waals surface area contributed by atoms with Gasteiger partial charge in [0.25, 0.3) is 11.5 Å². The number of hydrogen-bond acceptors (Lipinski definition) is 7. The number of anilines is 1. The maximum Gasteiger partial charge on any atom is 0.279 e. The van der Waals surface area contributed by atoms with Gasteiger partial charge in [0, 0.05) is 48.3 Å². The van der Waals surface area contributed by atoms with E-state index in [0.717, 1.165) is 10.4 Å². The van der Waals surface area contributed by atoms with Crippen LogP contribution in [0.1, 0.15) is 10.5 Å². The first-order valence-corrected chi connectivity index (χ1v) is 13.1. The summed E-state index contributed by atoms with van der Waals surface area (Å²) in [4.78, 5) is 43.4. The lowest BCUT2D eigenvalue weighted by atomic mass is 10.1. The maximum atomic E-state index is 13.3. The monoisotopic (exact) mass is 561 g/mol. The van der Waals surface area contributed by atoms with Crippen molar-refractivity contribution in [3.05, 3.63) is 87.8 Å². The van der Waals surface area contributed by atoms with E-state index in [1.807, 2.05) is 24.3 Å². The minimum Gasteiger partial charge on any atom is -0.493 e. The molecule has 1 N–H and O–H groups in total. The zero-order chi connectivity index (χ0) is 28.2. The summed E-state index contributed by atoms with van der Waals surface area (Å²) in [6.45, 7) is 2.16. The Morgan fingerprint density at radius 1 is 0.875 bits per heavy atom. The van der Waals surface area contributed by atoms with Crippen molar-refractivity contribution in [2.45, 2.75) is 0 Å². The Balaban J connectivity index is 1.33. The molecule has 5 rings (SSSR count). The van der Waals surface area contributed by atoms with Crippen LogP contribution in [0, 0.1) is 0 Å². The number of carbonyl (C=O) groups excluding carboxylic acids is 2. The molecule has 0 spiro atoms. The summed E-state index contributed by atoms with van der Waals surface area (Å²) in [5.74, 6) is 0.145. The third-order valence-electron chi connectivity index (χ3n) is 6.84. The molecule has 0 bridgehead atoms. The lowest BCUT2D eigenvalue weighted by molar-refractivity contribution is -0.130. The van der Waals surface area contributed by atoms with E-state index in [0.29, 0.717) is 59.2 Å². The van der Waals surface area contributed by atoms with Crippen LogP contribution in [0.5, 0.6) is 11.5 Å². The zero-order valence-electron chi connectivity index (χ0n) is 22.1. The zero-order valence-corrected chi connectivity index (χ0v) is 22.9. The molecule has 0 saturated carbocycles. The lowest BCUT2D eigenvalue weighted by Gasteiger charge is -2.36. The molecule has 1 aromatic heterocycles. The smallest absolute Gasteiger partial charge is 0.279 e. The topological polar surface area (TPSA) is 106 Å². The molecule has 4 aromatic rings. The molecule has 40 heavy (non-hydrogen) atoms. The Labute approximate surface area is 235 Å². The molecule has 0 radical (unpaired) electrons. The average molecular weight is 562 g/mol. The predicted octanol–water partition coefficient (Wildman–Crippen LogP) is 3.13. The summed E-state index contributed by atoms with van der Waals surface area (Å²) in [6, 6.07) is 19.3. The molecule has 2 heterocycles. The molecule has 1 saturated heterocycles. The Hall–Kier alpha value is -4.57. The summed E-state index contributed by atoms with van der Waals surface area (Å²) in [6.07, 6.45) is 0. The number of rotatable bonds is 7. The third-order valence-corrected chi connectivity index (χ3v) is 7.07. The fourth-order valence-corrected chi connectivity index (χ4v) is 4.91. The van der Waals surface area contributed by atoms with Crippen molar-refractivity contribution in [3.8, 4) is 17.2 Å². The van der Waals surface area contributed by atoms with E-state index in [4.69, 9.17) is 21.1 Å². The number of hydrogen-bond donors (Lipinski definition) is 1. The minimum atomic E-state index is -0.559. The van der Waals surface area contributed by atoms with Crippen LogP contribution >= 0.6 is 11.6 Å². The number of fused-ring (bicyclic) bond motifs is 1. The fraction of sp³-hybridized carbons (Fsp3) is 0.241. The number of halogens is 1. The Morgan fingerprint density at radius 3 is 2.30 bits per heavy atom. The largest absolute Gasteiger partial charge is 0.493 e. The van der Waals surface area contributed by atoms with Crippen LogP contribution in [-0.2, 0) is 4.79 Å². The van der Waals surface area contributed by atoms with Crippen molar-refractivity contribution in [1.29, 1.82) is 0 Å². The molecule has 3 aromatic carbocycles. The highest BCUT2D eigenvalue weighted by Crippen LogP contribution is 2.29. The minimum absolute atomic E-state index is 0.0311. The van der Waals surface area contributed by atoms with Crippen LogP contribution in [0.4, 0.5) is 5.69 Å². The number of carbonyl (C=O) groups is 2. The molecule has 1 aliphatic heterocycles. The second kappa shape index (κ2) is 11.7. The second-order valence-electron chi connectivity index (χ2n) is 9.18. The first kappa shape index (κ1) is 27.0. The van der Waals surface area contributed by atoms with Gasteiger partial charge in [0.2, 0.25) is 5.91 Å². The number of ether oxygens (including phenoxy) is 2. The fourth-order valence-electron chi connectivity index (χ4n) is 4.73. The van der Waals surface area contributed by atoms with E-state index in [2.05, 4.69) is 15.3 Å². The summed E-state index contributed by atoms with van der Waals surface area (Å²) >= 11 is 6.11. The molecular weight excluding hydrogens is 534 g/mol. The van der Waals surface area contributed by atoms with Gasteiger partial charge in [-0.15, -0.1) is 0 Å². The number of methoxy groups -OCH3 is 2. The highest BCUT2D eigenvalue weighted by Gasteiger charge is 2.23. The number of amides is 2. The molecule has 10 nitrogen and oxygen atoms in total. The maximum absolute atomic E-state index is 13.3. The van der Waals surface area contributed by atoms with Gasteiger partial charge in [-0.3, -0.25) is 14.4 Å². The molecule has 0 atom stereocenters.